The summed E-state index contributed by atoms with van der Waals surface area (Å²) < 4.78 is 2.27. The summed E-state index contributed by atoms with van der Waals surface area (Å²) in [6, 6.07) is 10.3. The van der Waals surface area contributed by atoms with Gasteiger partial charge in [-0.1, -0.05) is 12.5 Å². The van der Waals surface area contributed by atoms with Crippen LogP contribution < -0.4 is 0 Å². The molecule has 98 valence electrons. The Labute approximate surface area is 114 Å². The third kappa shape index (κ3) is 2.64. The van der Waals surface area contributed by atoms with Crippen LogP contribution in [0.1, 0.15) is 24.8 Å². The monoisotopic (exact) mass is 253 g/mol. The first-order valence-corrected chi connectivity index (χ1v) is 7.08. The summed E-state index contributed by atoms with van der Waals surface area (Å²) in [4.78, 5) is 2.55. The van der Waals surface area contributed by atoms with Gasteiger partial charge in [-0.15, -0.1) is 0 Å². The summed E-state index contributed by atoms with van der Waals surface area (Å²) in [6.07, 6.45) is 6.19. The lowest BCUT2D eigenvalue weighted by molar-refractivity contribution is 0.221. The van der Waals surface area contributed by atoms with Gasteiger partial charge in [-0.3, -0.25) is 0 Å². The first-order valence-electron chi connectivity index (χ1n) is 7.08. The van der Waals surface area contributed by atoms with Crippen LogP contribution in [0.5, 0.6) is 0 Å². The fourth-order valence-corrected chi connectivity index (χ4v) is 2.88. The number of nitrogens with zero attached hydrogens (tertiary/aromatic N) is 3. The van der Waals surface area contributed by atoms with E-state index in [0.29, 0.717) is 0 Å². The fourth-order valence-electron chi connectivity index (χ4n) is 2.88. The van der Waals surface area contributed by atoms with E-state index in [0.717, 1.165) is 18.7 Å². The quantitative estimate of drug-likeness (QED) is 0.842. The molecule has 0 unspecified atom stereocenters. The fraction of sp³-hybridized carbons (Fsp3) is 0.438. The number of nitriles is 1. The van der Waals surface area contributed by atoms with Gasteiger partial charge in [0.15, 0.2) is 0 Å². The second-order valence-corrected chi connectivity index (χ2v) is 5.30. The topological polar surface area (TPSA) is 32.0 Å². The van der Waals surface area contributed by atoms with E-state index >= 15 is 0 Å². The van der Waals surface area contributed by atoms with E-state index in [1.54, 1.807) is 0 Å². The molecule has 0 bridgehead atoms. The van der Waals surface area contributed by atoms with Gasteiger partial charge in [-0.2, -0.15) is 5.26 Å². The molecule has 1 saturated heterocycles. The van der Waals surface area contributed by atoms with E-state index in [-0.39, 0.29) is 0 Å². The smallest absolute Gasteiger partial charge is 0.0992 e. The van der Waals surface area contributed by atoms with Crippen LogP contribution in [-0.4, -0.2) is 29.1 Å². The molecule has 2 heterocycles. The highest BCUT2D eigenvalue weighted by Gasteiger charge is 2.10. The van der Waals surface area contributed by atoms with Crippen LogP contribution in [0.2, 0.25) is 0 Å². The first kappa shape index (κ1) is 12.3. The normalized spacial score (nSPS) is 16.6. The predicted octanol–water partition coefficient (Wildman–Crippen LogP) is 3.00. The Morgan fingerprint density at radius 3 is 2.68 bits per heavy atom. The number of hydrogen-bond donors (Lipinski definition) is 0. The van der Waals surface area contributed by atoms with Crippen molar-refractivity contribution in [1.29, 1.82) is 5.26 Å². The maximum Gasteiger partial charge on any atom is 0.0992 e. The van der Waals surface area contributed by atoms with Crippen LogP contribution in [0.25, 0.3) is 10.9 Å². The van der Waals surface area contributed by atoms with Gasteiger partial charge < -0.3 is 9.47 Å². The SMILES string of the molecule is N#Cc1ccc2ccn(CCN3CCCCC3)c2c1. The molecule has 2 aromatic rings. The van der Waals surface area contributed by atoms with E-state index in [2.05, 4.69) is 27.8 Å². The largest absolute Gasteiger partial charge is 0.346 e. The first-order chi connectivity index (χ1) is 9.36. The van der Waals surface area contributed by atoms with Gasteiger partial charge >= 0.3 is 0 Å². The highest BCUT2D eigenvalue weighted by Crippen LogP contribution is 2.18. The van der Waals surface area contributed by atoms with E-state index in [1.807, 2.05) is 18.2 Å². The van der Waals surface area contributed by atoms with E-state index in [1.165, 1.54) is 43.3 Å². The van der Waals surface area contributed by atoms with E-state index < -0.39 is 0 Å². The molecule has 0 radical (unpaired) electrons. The van der Waals surface area contributed by atoms with Gasteiger partial charge in [0.1, 0.15) is 0 Å². The minimum Gasteiger partial charge on any atom is -0.346 e. The molecule has 0 atom stereocenters. The molecular formula is C16H19N3. The van der Waals surface area contributed by atoms with Gasteiger partial charge in [-0.05, 0) is 49.5 Å². The summed E-state index contributed by atoms with van der Waals surface area (Å²) in [5.41, 5.74) is 1.92. The third-order valence-corrected chi connectivity index (χ3v) is 4.01. The second-order valence-electron chi connectivity index (χ2n) is 5.30. The average Bonchev–Trinajstić information content (AvgIpc) is 2.88. The van der Waals surface area contributed by atoms with Crippen LogP contribution in [-0.2, 0) is 6.54 Å². The molecular weight excluding hydrogens is 234 g/mol. The van der Waals surface area contributed by atoms with Crippen LogP contribution in [0.3, 0.4) is 0 Å². The highest BCUT2D eigenvalue weighted by atomic mass is 15.1. The summed E-state index contributed by atoms with van der Waals surface area (Å²) in [5, 5.41) is 10.2. The Morgan fingerprint density at radius 2 is 1.89 bits per heavy atom. The number of benzene rings is 1. The molecule has 1 aromatic heterocycles. The zero-order valence-electron chi connectivity index (χ0n) is 11.2. The number of piperidine rings is 1. The molecule has 3 nitrogen and oxygen atoms in total. The Morgan fingerprint density at radius 1 is 1.05 bits per heavy atom. The predicted molar refractivity (Wildman–Crippen MR) is 76.9 cm³/mol. The van der Waals surface area contributed by atoms with Crippen LogP contribution in [0, 0.1) is 11.3 Å². The Bertz CT molecular complexity index is 600. The summed E-state index contributed by atoms with van der Waals surface area (Å²) in [6.45, 7) is 4.60. The van der Waals surface area contributed by atoms with Crippen molar-refractivity contribution in [3.63, 3.8) is 0 Å². The van der Waals surface area contributed by atoms with Crippen molar-refractivity contribution in [2.75, 3.05) is 19.6 Å². The van der Waals surface area contributed by atoms with E-state index in [9.17, 15) is 0 Å². The van der Waals surface area contributed by atoms with Crippen molar-refractivity contribution in [2.45, 2.75) is 25.8 Å². The van der Waals surface area contributed by atoms with Gasteiger partial charge in [0.05, 0.1) is 11.6 Å². The van der Waals surface area contributed by atoms with Gasteiger partial charge in [0, 0.05) is 24.8 Å². The molecule has 1 aromatic carbocycles. The lowest BCUT2D eigenvalue weighted by Gasteiger charge is -2.26. The van der Waals surface area contributed by atoms with Crippen molar-refractivity contribution in [3.8, 4) is 6.07 Å². The summed E-state index contributed by atoms with van der Waals surface area (Å²) in [7, 11) is 0. The van der Waals surface area contributed by atoms with Gasteiger partial charge in [0.25, 0.3) is 0 Å². The van der Waals surface area contributed by atoms with Crippen LogP contribution >= 0.6 is 0 Å². The summed E-state index contributed by atoms with van der Waals surface area (Å²) in [5.74, 6) is 0. The van der Waals surface area contributed by atoms with Crippen molar-refractivity contribution < 1.29 is 0 Å². The van der Waals surface area contributed by atoms with Crippen molar-refractivity contribution in [2.24, 2.45) is 0 Å². The molecule has 1 aliphatic rings. The molecule has 19 heavy (non-hydrogen) atoms. The third-order valence-electron chi connectivity index (χ3n) is 4.01. The lowest BCUT2D eigenvalue weighted by Crippen LogP contribution is -2.32. The van der Waals surface area contributed by atoms with Crippen molar-refractivity contribution in [1.82, 2.24) is 9.47 Å². The lowest BCUT2D eigenvalue weighted by atomic mass is 10.1. The van der Waals surface area contributed by atoms with Gasteiger partial charge in [0.2, 0.25) is 0 Å². The summed E-state index contributed by atoms with van der Waals surface area (Å²) >= 11 is 0. The second kappa shape index (κ2) is 5.46. The zero-order valence-corrected chi connectivity index (χ0v) is 11.2. The molecule has 3 rings (SSSR count). The highest BCUT2D eigenvalue weighted by molar-refractivity contribution is 5.81. The molecule has 0 N–H and O–H groups in total. The molecule has 0 aliphatic carbocycles. The molecule has 0 amide bonds. The number of aromatic nitrogens is 1. The average molecular weight is 253 g/mol. The zero-order chi connectivity index (χ0) is 13.1. The number of fused-ring (bicyclic) bond motifs is 1. The molecule has 1 fully saturated rings. The number of likely N-dealkylation sites (tertiary alicyclic amines) is 1. The Balaban J connectivity index is 1.75. The van der Waals surface area contributed by atoms with Crippen LogP contribution in [0.15, 0.2) is 30.5 Å². The molecule has 1 aliphatic heterocycles. The number of rotatable bonds is 3. The Hall–Kier alpha value is -1.79. The minimum absolute atomic E-state index is 0.741. The molecule has 0 spiro atoms. The van der Waals surface area contributed by atoms with Crippen molar-refractivity contribution >= 4 is 10.9 Å². The van der Waals surface area contributed by atoms with Crippen molar-refractivity contribution in [3.05, 3.63) is 36.0 Å². The standard InChI is InChI=1S/C16H19N3/c17-13-14-4-5-15-6-9-19(16(15)12-14)11-10-18-7-2-1-3-8-18/h4-6,9,12H,1-3,7-8,10-11H2. The molecule has 0 saturated carbocycles. The van der Waals surface area contributed by atoms with Crippen LogP contribution in [0.4, 0.5) is 0 Å². The Kier molecular flexibility index (Phi) is 3.52. The molecule has 3 heteroatoms. The maximum atomic E-state index is 8.99. The maximum absolute atomic E-state index is 8.99. The van der Waals surface area contributed by atoms with Gasteiger partial charge in [-0.25, -0.2) is 0 Å². The minimum atomic E-state index is 0.741. The van der Waals surface area contributed by atoms with E-state index in [4.69, 9.17) is 5.26 Å². The number of hydrogen-bond acceptors (Lipinski definition) is 2.